The number of para-hydroxylation sites is 1. The van der Waals surface area contributed by atoms with Crippen molar-refractivity contribution < 1.29 is 14.4 Å². The van der Waals surface area contributed by atoms with Crippen LogP contribution in [0.25, 0.3) is 16.3 Å². The third-order valence-corrected chi connectivity index (χ3v) is 6.11. The van der Waals surface area contributed by atoms with Gasteiger partial charge in [0.15, 0.2) is 5.13 Å². The van der Waals surface area contributed by atoms with Crippen molar-refractivity contribution in [1.82, 2.24) is 9.88 Å². The van der Waals surface area contributed by atoms with Crippen LogP contribution in [0.4, 0.5) is 9.93 Å². The fraction of sp³-hybridized carbons (Fsp3) is 0.0526. The molecule has 0 unspecified atom stereocenters. The van der Waals surface area contributed by atoms with Crippen LogP contribution >= 0.6 is 34.7 Å². The normalized spacial score (nSPS) is 15.6. The van der Waals surface area contributed by atoms with Crippen LogP contribution < -0.4 is 5.32 Å². The van der Waals surface area contributed by atoms with E-state index >= 15 is 0 Å². The number of hydrogen-bond donors (Lipinski definition) is 1. The zero-order chi connectivity index (χ0) is 19.7. The summed E-state index contributed by atoms with van der Waals surface area (Å²) < 4.78 is 0.937. The molecule has 4 rings (SSSR count). The van der Waals surface area contributed by atoms with E-state index in [0.29, 0.717) is 15.7 Å². The first-order chi connectivity index (χ1) is 13.5. The Labute approximate surface area is 173 Å². The third kappa shape index (κ3) is 3.80. The molecule has 1 aromatic heterocycles. The molecule has 28 heavy (non-hydrogen) atoms. The molecule has 0 atom stereocenters. The van der Waals surface area contributed by atoms with Crippen LogP contribution in [0.5, 0.6) is 0 Å². The Bertz CT molecular complexity index is 1110. The number of nitrogens with one attached hydrogen (secondary N) is 1. The highest BCUT2D eigenvalue weighted by molar-refractivity contribution is 8.18. The second kappa shape index (κ2) is 7.75. The molecule has 1 fully saturated rings. The highest BCUT2D eigenvalue weighted by atomic mass is 35.5. The van der Waals surface area contributed by atoms with Crippen molar-refractivity contribution in [2.45, 2.75) is 0 Å². The molecule has 0 saturated carbocycles. The van der Waals surface area contributed by atoms with Gasteiger partial charge in [0.25, 0.3) is 11.1 Å². The standard InChI is InChI=1S/C19H12ClN3O3S2/c20-12-6-2-1-5-11(12)9-15-17(25)23(19(26)28-15)10-16(24)22-18-21-13-7-3-4-8-14(13)27-18/h1-9H,10H2,(H,21,22,24)/b15-9-. The van der Waals surface area contributed by atoms with Gasteiger partial charge in [-0.05, 0) is 41.6 Å². The van der Waals surface area contributed by atoms with Crippen molar-refractivity contribution in [1.29, 1.82) is 0 Å². The molecule has 0 bridgehead atoms. The number of thioether (sulfide) groups is 1. The second-order valence-electron chi connectivity index (χ2n) is 5.82. The molecule has 0 spiro atoms. The summed E-state index contributed by atoms with van der Waals surface area (Å²) in [6.45, 7) is -0.375. The van der Waals surface area contributed by atoms with Crippen molar-refractivity contribution in [2.75, 3.05) is 11.9 Å². The van der Waals surface area contributed by atoms with Crippen molar-refractivity contribution in [3.8, 4) is 0 Å². The minimum Gasteiger partial charge on any atom is -0.300 e. The van der Waals surface area contributed by atoms with Gasteiger partial charge in [-0.1, -0.05) is 53.3 Å². The number of hydrogen-bond acceptors (Lipinski definition) is 6. The fourth-order valence-corrected chi connectivity index (χ4v) is 4.50. The highest BCUT2D eigenvalue weighted by Crippen LogP contribution is 2.33. The average Bonchev–Trinajstić information content (AvgIpc) is 3.19. The van der Waals surface area contributed by atoms with E-state index < -0.39 is 17.1 Å². The largest absolute Gasteiger partial charge is 0.300 e. The van der Waals surface area contributed by atoms with E-state index in [2.05, 4.69) is 10.3 Å². The first-order valence-electron chi connectivity index (χ1n) is 8.16. The summed E-state index contributed by atoms with van der Waals surface area (Å²) in [6.07, 6.45) is 1.55. The molecule has 0 radical (unpaired) electrons. The fourth-order valence-electron chi connectivity index (χ4n) is 2.60. The van der Waals surface area contributed by atoms with Crippen LogP contribution in [0.2, 0.25) is 5.02 Å². The zero-order valence-electron chi connectivity index (χ0n) is 14.2. The summed E-state index contributed by atoms with van der Waals surface area (Å²) in [7, 11) is 0. The number of fused-ring (bicyclic) bond motifs is 1. The minimum atomic E-state index is -0.519. The number of imide groups is 1. The number of amides is 3. The van der Waals surface area contributed by atoms with Gasteiger partial charge in [-0.15, -0.1) is 0 Å². The number of thiazole rings is 1. The van der Waals surface area contributed by atoms with Gasteiger partial charge >= 0.3 is 0 Å². The van der Waals surface area contributed by atoms with Crippen LogP contribution in [-0.4, -0.2) is 33.5 Å². The lowest BCUT2D eigenvalue weighted by Crippen LogP contribution is -2.36. The Morgan fingerprint density at radius 2 is 1.89 bits per heavy atom. The smallest absolute Gasteiger partial charge is 0.294 e. The van der Waals surface area contributed by atoms with Gasteiger partial charge in [0.1, 0.15) is 6.54 Å². The molecule has 140 valence electrons. The Kier molecular flexibility index (Phi) is 5.17. The summed E-state index contributed by atoms with van der Waals surface area (Å²) in [5, 5.41) is 3.04. The molecule has 2 aromatic carbocycles. The number of benzene rings is 2. The summed E-state index contributed by atoms with van der Waals surface area (Å²) in [6, 6.07) is 14.5. The average molecular weight is 430 g/mol. The highest BCUT2D eigenvalue weighted by Gasteiger charge is 2.36. The number of carbonyl (C=O) groups is 3. The van der Waals surface area contributed by atoms with E-state index in [0.717, 1.165) is 26.9 Å². The van der Waals surface area contributed by atoms with E-state index in [1.807, 2.05) is 24.3 Å². The zero-order valence-corrected chi connectivity index (χ0v) is 16.6. The molecular weight excluding hydrogens is 418 g/mol. The molecule has 3 aromatic rings. The molecule has 0 aliphatic carbocycles. The van der Waals surface area contributed by atoms with Gasteiger partial charge in [0, 0.05) is 5.02 Å². The lowest BCUT2D eigenvalue weighted by atomic mass is 10.2. The van der Waals surface area contributed by atoms with E-state index in [-0.39, 0.29) is 11.4 Å². The first kappa shape index (κ1) is 18.7. The SMILES string of the molecule is O=C(CN1C(=O)S/C(=C\c2ccccc2Cl)C1=O)Nc1nc2ccccc2s1. The molecule has 1 N–H and O–H groups in total. The topological polar surface area (TPSA) is 79.4 Å². The number of carbonyl (C=O) groups excluding carboxylic acids is 3. The van der Waals surface area contributed by atoms with Crippen LogP contribution in [0, 0.1) is 0 Å². The number of rotatable bonds is 4. The molecule has 3 amide bonds. The van der Waals surface area contributed by atoms with Gasteiger partial charge in [0.2, 0.25) is 5.91 Å². The Morgan fingerprint density at radius 1 is 1.14 bits per heavy atom. The van der Waals surface area contributed by atoms with Crippen molar-refractivity contribution in [2.24, 2.45) is 0 Å². The van der Waals surface area contributed by atoms with Crippen molar-refractivity contribution in [3.63, 3.8) is 0 Å². The van der Waals surface area contributed by atoms with E-state index in [9.17, 15) is 14.4 Å². The summed E-state index contributed by atoms with van der Waals surface area (Å²) in [5.41, 5.74) is 1.41. The summed E-state index contributed by atoms with van der Waals surface area (Å²) >= 11 is 8.21. The maximum atomic E-state index is 12.5. The van der Waals surface area contributed by atoms with Gasteiger partial charge in [-0.25, -0.2) is 4.98 Å². The quantitative estimate of drug-likeness (QED) is 0.612. The van der Waals surface area contributed by atoms with Crippen LogP contribution in [0.3, 0.4) is 0 Å². The Balaban J connectivity index is 1.47. The second-order valence-corrected chi connectivity index (χ2v) is 8.26. The van der Waals surface area contributed by atoms with Gasteiger partial charge in [-0.3, -0.25) is 19.3 Å². The molecule has 1 aliphatic heterocycles. The lowest BCUT2D eigenvalue weighted by molar-refractivity contribution is -0.127. The molecule has 1 aliphatic rings. The maximum absolute atomic E-state index is 12.5. The summed E-state index contributed by atoms with van der Waals surface area (Å²) in [5.74, 6) is -1.00. The first-order valence-corrected chi connectivity index (χ1v) is 10.2. The van der Waals surface area contributed by atoms with Gasteiger partial charge in [-0.2, -0.15) is 0 Å². The molecule has 6 nitrogen and oxygen atoms in total. The predicted octanol–water partition coefficient (Wildman–Crippen LogP) is 4.62. The van der Waals surface area contributed by atoms with Crippen LogP contribution in [0.1, 0.15) is 5.56 Å². The molecule has 2 heterocycles. The molecular formula is C19H12ClN3O3S2. The number of nitrogens with zero attached hydrogens (tertiary/aromatic N) is 2. The van der Waals surface area contributed by atoms with Crippen LogP contribution in [-0.2, 0) is 9.59 Å². The van der Waals surface area contributed by atoms with E-state index in [4.69, 9.17) is 11.6 Å². The number of anilines is 1. The van der Waals surface area contributed by atoms with E-state index in [1.54, 1.807) is 30.3 Å². The van der Waals surface area contributed by atoms with Gasteiger partial charge in [0.05, 0.1) is 15.1 Å². The molecule has 1 saturated heterocycles. The third-order valence-electron chi connectivity index (χ3n) is 3.91. The number of halogens is 1. The van der Waals surface area contributed by atoms with Gasteiger partial charge < -0.3 is 5.32 Å². The van der Waals surface area contributed by atoms with Crippen LogP contribution in [0.15, 0.2) is 53.4 Å². The monoisotopic (exact) mass is 429 g/mol. The lowest BCUT2D eigenvalue weighted by Gasteiger charge is -2.11. The van der Waals surface area contributed by atoms with Crippen molar-refractivity contribution in [3.05, 3.63) is 64.0 Å². The van der Waals surface area contributed by atoms with E-state index in [1.165, 1.54) is 11.3 Å². The maximum Gasteiger partial charge on any atom is 0.294 e. The molecule has 9 heteroatoms. The Morgan fingerprint density at radius 3 is 2.68 bits per heavy atom. The minimum absolute atomic E-state index is 0.228. The Hall–Kier alpha value is -2.68. The van der Waals surface area contributed by atoms with Crippen molar-refractivity contribution >= 4 is 73.2 Å². The number of aromatic nitrogens is 1. The summed E-state index contributed by atoms with van der Waals surface area (Å²) in [4.78, 5) is 42.5. The predicted molar refractivity (Wildman–Crippen MR) is 112 cm³/mol.